The van der Waals surface area contributed by atoms with Crippen LogP contribution in [0.2, 0.25) is 0 Å². The molecule has 1 heterocycles. The number of nitrogens with one attached hydrogen (secondary N) is 2. The molecule has 3 rings (SSSR count). The van der Waals surface area contributed by atoms with Gasteiger partial charge in [0.1, 0.15) is 5.75 Å². The van der Waals surface area contributed by atoms with Crippen molar-refractivity contribution in [2.45, 2.75) is 0 Å². The SMILES string of the molecule is COc1ccc(-c2csc(NC(=S)N/N=C/c3ccccc3)n2)cc1. The summed E-state index contributed by atoms with van der Waals surface area (Å²) >= 11 is 6.70. The fourth-order valence-electron chi connectivity index (χ4n) is 2.06. The smallest absolute Gasteiger partial charge is 0.193 e. The first-order valence-corrected chi connectivity index (χ1v) is 8.78. The van der Waals surface area contributed by atoms with Gasteiger partial charge in [-0.25, -0.2) is 4.98 Å². The molecule has 0 fully saturated rings. The Morgan fingerprint density at radius 1 is 1.16 bits per heavy atom. The molecule has 2 N–H and O–H groups in total. The molecule has 1 aromatic heterocycles. The first-order valence-electron chi connectivity index (χ1n) is 7.49. The van der Waals surface area contributed by atoms with E-state index in [1.165, 1.54) is 11.3 Å². The highest BCUT2D eigenvalue weighted by atomic mass is 32.1. The molecule has 0 saturated carbocycles. The first-order chi connectivity index (χ1) is 12.2. The van der Waals surface area contributed by atoms with Gasteiger partial charge in [0.25, 0.3) is 0 Å². The number of ether oxygens (including phenoxy) is 1. The third-order valence-electron chi connectivity index (χ3n) is 3.29. The summed E-state index contributed by atoms with van der Waals surface area (Å²) in [6.45, 7) is 0. The highest BCUT2D eigenvalue weighted by Gasteiger charge is 2.06. The molecule has 3 aromatic rings. The van der Waals surface area contributed by atoms with Crippen molar-refractivity contribution in [2.75, 3.05) is 12.4 Å². The van der Waals surface area contributed by atoms with E-state index in [2.05, 4.69) is 20.8 Å². The maximum absolute atomic E-state index is 5.22. The number of hydrazone groups is 1. The van der Waals surface area contributed by atoms with Crippen LogP contribution in [0.4, 0.5) is 5.13 Å². The second-order valence-electron chi connectivity index (χ2n) is 5.00. The predicted octanol–water partition coefficient (Wildman–Crippen LogP) is 4.14. The Labute approximate surface area is 155 Å². The summed E-state index contributed by atoms with van der Waals surface area (Å²) < 4.78 is 5.16. The zero-order valence-electron chi connectivity index (χ0n) is 13.5. The molecule has 2 aromatic carbocycles. The number of aromatic nitrogens is 1. The largest absolute Gasteiger partial charge is 0.497 e. The lowest BCUT2D eigenvalue weighted by Gasteiger charge is -2.03. The van der Waals surface area contributed by atoms with E-state index >= 15 is 0 Å². The van der Waals surface area contributed by atoms with Crippen molar-refractivity contribution < 1.29 is 4.74 Å². The van der Waals surface area contributed by atoms with Gasteiger partial charge < -0.3 is 10.1 Å². The quantitative estimate of drug-likeness (QED) is 0.403. The fraction of sp³-hybridized carbons (Fsp3) is 0.0556. The van der Waals surface area contributed by atoms with Gasteiger partial charge in [0.15, 0.2) is 10.2 Å². The average Bonchev–Trinajstić information content (AvgIpc) is 3.11. The van der Waals surface area contributed by atoms with Crippen LogP contribution in [0.15, 0.2) is 65.1 Å². The van der Waals surface area contributed by atoms with Crippen LogP contribution in [0.25, 0.3) is 11.3 Å². The van der Waals surface area contributed by atoms with Gasteiger partial charge in [-0.1, -0.05) is 30.3 Å². The Morgan fingerprint density at radius 2 is 1.92 bits per heavy atom. The van der Waals surface area contributed by atoms with Gasteiger partial charge in [-0.3, -0.25) is 5.43 Å². The number of thiocarbonyl (C=S) groups is 1. The Balaban J connectivity index is 1.57. The van der Waals surface area contributed by atoms with Crippen molar-refractivity contribution in [2.24, 2.45) is 5.10 Å². The van der Waals surface area contributed by atoms with Gasteiger partial charge in [-0.05, 0) is 42.0 Å². The van der Waals surface area contributed by atoms with Crippen molar-refractivity contribution in [3.05, 3.63) is 65.5 Å². The summed E-state index contributed by atoms with van der Waals surface area (Å²) in [4.78, 5) is 4.53. The monoisotopic (exact) mass is 368 g/mol. The van der Waals surface area contributed by atoms with Gasteiger partial charge in [0, 0.05) is 10.9 Å². The lowest BCUT2D eigenvalue weighted by Crippen LogP contribution is -2.23. The summed E-state index contributed by atoms with van der Waals surface area (Å²) in [5.74, 6) is 0.819. The van der Waals surface area contributed by atoms with Gasteiger partial charge >= 0.3 is 0 Å². The molecule has 0 amide bonds. The minimum Gasteiger partial charge on any atom is -0.497 e. The van der Waals surface area contributed by atoms with Crippen LogP contribution in [0.3, 0.4) is 0 Å². The van der Waals surface area contributed by atoms with E-state index in [1.807, 2.05) is 60.0 Å². The number of anilines is 1. The zero-order chi connectivity index (χ0) is 17.5. The van der Waals surface area contributed by atoms with E-state index < -0.39 is 0 Å². The summed E-state index contributed by atoms with van der Waals surface area (Å²) in [5, 5.41) is 10.2. The molecular formula is C18H16N4OS2. The second-order valence-corrected chi connectivity index (χ2v) is 6.27. The first kappa shape index (κ1) is 17.1. The lowest BCUT2D eigenvalue weighted by molar-refractivity contribution is 0.415. The third kappa shape index (κ3) is 4.85. The predicted molar refractivity (Wildman–Crippen MR) is 107 cm³/mol. The van der Waals surface area contributed by atoms with Crippen molar-refractivity contribution >= 4 is 40.0 Å². The molecule has 0 aliphatic carbocycles. The molecule has 5 nitrogen and oxygen atoms in total. The van der Waals surface area contributed by atoms with Crippen LogP contribution < -0.4 is 15.5 Å². The van der Waals surface area contributed by atoms with Gasteiger partial charge in [-0.2, -0.15) is 5.10 Å². The fourth-order valence-corrected chi connectivity index (χ4v) is 2.99. The highest BCUT2D eigenvalue weighted by molar-refractivity contribution is 7.80. The molecule has 0 radical (unpaired) electrons. The number of rotatable bonds is 5. The molecule has 0 aliphatic rings. The van der Waals surface area contributed by atoms with Gasteiger partial charge in [-0.15, -0.1) is 11.3 Å². The summed E-state index contributed by atoms with van der Waals surface area (Å²) in [6.07, 6.45) is 1.71. The van der Waals surface area contributed by atoms with Crippen LogP contribution >= 0.6 is 23.6 Å². The van der Waals surface area contributed by atoms with Crippen LogP contribution in [-0.4, -0.2) is 23.4 Å². The summed E-state index contributed by atoms with van der Waals surface area (Å²) in [7, 11) is 1.65. The summed E-state index contributed by atoms with van der Waals surface area (Å²) in [6, 6.07) is 17.5. The van der Waals surface area contributed by atoms with Crippen molar-refractivity contribution in [3.63, 3.8) is 0 Å². The van der Waals surface area contributed by atoms with E-state index in [0.29, 0.717) is 10.2 Å². The highest BCUT2D eigenvalue weighted by Crippen LogP contribution is 2.26. The molecule has 0 atom stereocenters. The lowest BCUT2D eigenvalue weighted by atomic mass is 10.2. The minimum absolute atomic E-state index is 0.391. The molecule has 0 aliphatic heterocycles. The Hall–Kier alpha value is -2.77. The zero-order valence-corrected chi connectivity index (χ0v) is 15.1. The number of nitrogens with zero attached hydrogens (tertiary/aromatic N) is 2. The van der Waals surface area contributed by atoms with Crippen molar-refractivity contribution in [3.8, 4) is 17.0 Å². The maximum atomic E-state index is 5.22. The van der Waals surface area contributed by atoms with Crippen LogP contribution in [0.1, 0.15) is 5.56 Å². The van der Waals surface area contributed by atoms with E-state index in [9.17, 15) is 0 Å². The molecule has 126 valence electrons. The Kier molecular flexibility index (Phi) is 5.71. The molecule has 25 heavy (non-hydrogen) atoms. The molecule has 0 unspecified atom stereocenters. The Morgan fingerprint density at radius 3 is 2.64 bits per heavy atom. The maximum Gasteiger partial charge on any atom is 0.193 e. The van der Waals surface area contributed by atoms with Crippen LogP contribution in [0, 0.1) is 0 Å². The average molecular weight is 368 g/mol. The van der Waals surface area contributed by atoms with E-state index in [-0.39, 0.29) is 0 Å². The van der Waals surface area contributed by atoms with Crippen LogP contribution in [-0.2, 0) is 0 Å². The van der Waals surface area contributed by atoms with Crippen LogP contribution in [0.5, 0.6) is 5.75 Å². The van der Waals surface area contributed by atoms with Crippen molar-refractivity contribution in [1.82, 2.24) is 10.4 Å². The van der Waals surface area contributed by atoms with E-state index in [4.69, 9.17) is 17.0 Å². The van der Waals surface area contributed by atoms with E-state index in [1.54, 1.807) is 13.3 Å². The number of hydrogen-bond donors (Lipinski definition) is 2. The van der Waals surface area contributed by atoms with Gasteiger partial charge in [0.2, 0.25) is 0 Å². The standard InChI is InChI=1S/C18H16N4OS2/c1-23-15-9-7-14(8-10-15)16-12-25-18(20-16)21-17(24)22-19-11-13-5-3-2-4-6-13/h2-12H,1H3,(H2,20,21,22,24)/b19-11+. The normalized spacial score (nSPS) is 10.6. The molecule has 7 heteroatoms. The molecular weight excluding hydrogens is 352 g/mol. The van der Waals surface area contributed by atoms with Crippen molar-refractivity contribution in [1.29, 1.82) is 0 Å². The number of hydrogen-bond acceptors (Lipinski definition) is 5. The third-order valence-corrected chi connectivity index (χ3v) is 4.24. The second kappa shape index (κ2) is 8.36. The topological polar surface area (TPSA) is 58.5 Å². The minimum atomic E-state index is 0.391. The number of benzene rings is 2. The molecule has 0 saturated heterocycles. The molecule has 0 bridgehead atoms. The Bertz CT molecular complexity index is 860. The van der Waals surface area contributed by atoms with Gasteiger partial charge in [0.05, 0.1) is 19.0 Å². The number of methoxy groups -OCH3 is 1. The molecule has 0 spiro atoms. The summed E-state index contributed by atoms with van der Waals surface area (Å²) in [5.41, 5.74) is 5.68. The number of thiazole rings is 1. The van der Waals surface area contributed by atoms with E-state index in [0.717, 1.165) is 22.6 Å².